The molecule has 0 unspecified atom stereocenters. The Bertz CT molecular complexity index is 123. The van der Waals surface area contributed by atoms with Gasteiger partial charge in [0.2, 0.25) is 5.91 Å². The summed E-state index contributed by atoms with van der Waals surface area (Å²) in [5.74, 6) is 0.280. The highest BCUT2D eigenvalue weighted by molar-refractivity contribution is 5.76. The van der Waals surface area contributed by atoms with E-state index in [9.17, 15) is 4.79 Å². The average Bonchev–Trinajstić information content (AvgIpc) is 1.84. The minimum atomic E-state index is -0.403. The van der Waals surface area contributed by atoms with Crippen LogP contribution in [0.25, 0.3) is 0 Å². The molecule has 1 aliphatic heterocycles. The van der Waals surface area contributed by atoms with Crippen molar-refractivity contribution in [1.82, 2.24) is 10.6 Å². The summed E-state index contributed by atoms with van der Waals surface area (Å²) in [6, 6.07) is 0. The normalized spacial score (nSPS) is 18.1. The quantitative estimate of drug-likeness (QED) is 0.443. The van der Waals surface area contributed by atoms with Crippen LogP contribution in [0.1, 0.15) is 0 Å². The summed E-state index contributed by atoms with van der Waals surface area (Å²) in [6.07, 6.45) is 0. The maximum absolute atomic E-state index is 10.5. The summed E-state index contributed by atoms with van der Waals surface area (Å²) >= 11 is 0. The van der Waals surface area contributed by atoms with Crippen LogP contribution in [0.4, 0.5) is 0 Å². The molecule has 0 aromatic rings. The highest BCUT2D eigenvalue weighted by Gasteiger charge is 2.16. The van der Waals surface area contributed by atoms with Gasteiger partial charge in [0.05, 0.1) is 0 Å². The van der Waals surface area contributed by atoms with E-state index in [-0.39, 0.29) is 5.91 Å². The molecule has 1 aliphatic rings. The number of aliphatic hydroxyl groups excluding tert-OH is 1. The second kappa shape index (κ2) is 3.53. The lowest BCUT2D eigenvalue weighted by Gasteiger charge is -2.26. The molecule has 1 fully saturated rings. The molecule has 4 heteroatoms. The predicted molar refractivity (Wildman–Crippen MR) is 36.5 cm³/mol. The fraction of sp³-hybridized carbons (Fsp3) is 0.833. The third-order valence-corrected chi connectivity index (χ3v) is 1.60. The first-order valence-electron chi connectivity index (χ1n) is 3.41. The van der Waals surface area contributed by atoms with Crippen molar-refractivity contribution in [3.05, 3.63) is 0 Å². The van der Waals surface area contributed by atoms with Crippen LogP contribution in [-0.4, -0.2) is 37.3 Å². The Balaban J connectivity index is 1.98. The summed E-state index contributed by atoms with van der Waals surface area (Å²) in [4.78, 5) is 10.5. The highest BCUT2D eigenvalue weighted by Crippen LogP contribution is 1.98. The van der Waals surface area contributed by atoms with E-state index in [1.165, 1.54) is 0 Å². The van der Waals surface area contributed by atoms with Gasteiger partial charge in [-0.15, -0.1) is 0 Å². The van der Waals surface area contributed by atoms with Crippen LogP contribution in [-0.2, 0) is 4.79 Å². The van der Waals surface area contributed by atoms with Crippen LogP contribution >= 0.6 is 0 Å². The fourth-order valence-corrected chi connectivity index (χ4v) is 0.807. The van der Waals surface area contributed by atoms with Crippen molar-refractivity contribution in [3.63, 3.8) is 0 Å². The second-order valence-corrected chi connectivity index (χ2v) is 2.49. The zero-order chi connectivity index (χ0) is 7.40. The van der Waals surface area contributed by atoms with Crippen molar-refractivity contribution in [2.24, 2.45) is 5.92 Å². The van der Waals surface area contributed by atoms with E-state index in [4.69, 9.17) is 5.11 Å². The van der Waals surface area contributed by atoms with E-state index in [1.807, 2.05) is 0 Å². The van der Waals surface area contributed by atoms with Crippen molar-refractivity contribution in [2.45, 2.75) is 0 Å². The van der Waals surface area contributed by atoms with E-state index in [0.29, 0.717) is 12.5 Å². The van der Waals surface area contributed by atoms with E-state index < -0.39 is 6.61 Å². The topological polar surface area (TPSA) is 61.4 Å². The van der Waals surface area contributed by atoms with Crippen molar-refractivity contribution >= 4 is 5.91 Å². The minimum Gasteiger partial charge on any atom is -0.387 e. The van der Waals surface area contributed by atoms with Gasteiger partial charge in [0, 0.05) is 25.6 Å². The molecule has 58 valence electrons. The number of rotatable bonds is 3. The Morgan fingerprint density at radius 1 is 1.70 bits per heavy atom. The zero-order valence-electron chi connectivity index (χ0n) is 5.76. The lowest BCUT2D eigenvalue weighted by Crippen LogP contribution is -2.48. The molecule has 0 saturated carbocycles. The maximum Gasteiger partial charge on any atom is 0.245 e. The molecular weight excluding hydrogens is 132 g/mol. The summed E-state index contributed by atoms with van der Waals surface area (Å²) < 4.78 is 0. The number of carbonyl (C=O) groups is 1. The maximum atomic E-state index is 10.5. The van der Waals surface area contributed by atoms with Gasteiger partial charge < -0.3 is 15.7 Å². The van der Waals surface area contributed by atoms with Crippen LogP contribution in [0.5, 0.6) is 0 Å². The molecule has 0 radical (unpaired) electrons. The molecule has 0 atom stereocenters. The van der Waals surface area contributed by atoms with Crippen LogP contribution in [0.2, 0.25) is 0 Å². The SMILES string of the molecule is O=C(CO)NCC1CNC1. The van der Waals surface area contributed by atoms with Gasteiger partial charge in [-0.3, -0.25) is 4.79 Å². The number of hydrogen-bond acceptors (Lipinski definition) is 3. The Morgan fingerprint density at radius 2 is 2.40 bits per heavy atom. The molecule has 1 saturated heterocycles. The molecule has 0 aromatic carbocycles. The van der Waals surface area contributed by atoms with Crippen LogP contribution < -0.4 is 10.6 Å². The third kappa shape index (κ3) is 1.97. The number of carbonyl (C=O) groups excluding carboxylic acids is 1. The number of hydrogen-bond donors (Lipinski definition) is 3. The Morgan fingerprint density at radius 3 is 2.80 bits per heavy atom. The van der Waals surface area contributed by atoms with E-state index >= 15 is 0 Å². The Kier molecular flexibility index (Phi) is 2.65. The molecule has 0 aromatic heterocycles. The summed E-state index contributed by atoms with van der Waals surface area (Å²) in [7, 11) is 0. The molecule has 3 N–H and O–H groups in total. The van der Waals surface area contributed by atoms with Crippen molar-refractivity contribution < 1.29 is 9.90 Å². The van der Waals surface area contributed by atoms with E-state index in [0.717, 1.165) is 13.1 Å². The largest absolute Gasteiger partial charge is 0.387 e. The molecule has 0 aliphatic carbocycles. The Labute approximate surface area is 59.6 Å². The van der Waals surface area contributed by atoms with Crippen molar-refractivity contribution in [3.8, 4) is 0 Å². The van der Waals surface area contributed by atoms with Gasteiger partial charge in [0.1, 0.15) is 6.61 Å². The highest BCUT2D eigenvalue weighted by atomic mass is 16.3. The van der Waals surface area contributed by atoms with Crippen molar-refractivity contribution in [1.29, 1.82) is 0 Å². The van der Waals surface area contributed by atoms with Crippen molar-refractivity contribution in [2.75, 3.05) is 26.2 Å². The second-order valence-electron chi connectivity index (χ2n) is 2.49. The molecule has 1 rings (SSSR count). The third-order valence-electron chi connectivity index (χ3n) is 1.60. The van der Waals surface area contributed by atoms with Crippen LogP contribution in [0, 0.1) is 5.92 Å². The van der Waals surface area contributed by atoms with Gasteiger partial charge in [-0.1, -0.05) is 0 Å². The molecule has 4 nitrogen and oxygen atoms in total. The molecule has 1 amide bonds. The molecule has 0 bridgehead atoms. The molecule has 10 heavy (non-hydrogen) atoms. The monoisotopic (exact) mass is 144 g/mol. The number of aliphatic hydroxyl groups is 1. The Hall–Kier alpha value is -0.610. The van der Waals surface area contributed by atoms with E-state index in [1.54, 1.807) is 0 Å². The average molecular weight is 144 g/mol. The van der Waals surface area contributed by atoms with Gasteiger partial charge in [-0.25, -0.2) is 0 Å². The summed E-state index contributed by atoms with van der Waals surface area (Å²) in [5.41, 5.74) is 0. The minimum absolute atomic E-state index is 0.285. The van der Waals surface area contributed by atoms with Gasteiger partial charge in [-0.05, 0) is 0 Å². The first-order valence-corrected chi connectivity index (χ1v) is 3.41. The predicted octanol–water partition coefficient (Wildman–Crippen LogP) is -1.69. The van der Waals surface area contributed by atoms with Gasteiger partial charge in [0.15, 0.2) is 0 Å². The number of amides is 1. The number of nitrogens with one attached hydrogen (secondary N) is 2. The van der Waals surface area contributed by atoms with Crippen LogP contribution in [0.3, 0.4) is 0 Å². The van der Waals surface area contributed by atoms with Gasteiger partial charge in [0.25, 0.3) is 0 Å². The zero-order valence-corrected chi connectivity index (χ0v) is 5.76. The molecule has 1 heterocycles. The standard InChI is InChI=1S/C6H12N2O2/c9-4-6(10)8-3-5-1-7-2-5/h5,7,9H,1-4H2,(H,8,10). The van der Waals surface area contributed by atoms with Gasteiger partial charge >= 0.3 is 0 Å². The fourth-order valence-electron chi connectivity index (χ4n) is 0.807. The first kappa shape index (κ1) is 7.50. The van der Waals surface area contributed by atoms with Gasteiger partial charge in [-0.2, -0.15) is 0 Å². The first-order chi connectivity index (χ1) is 4.83. The lowest BCUT2D eigenvalue weighted by atomic mass is 10.0. The van der Waals surface area contributed by atoms with Crippen LogP contribution in [0.15, 0.2) is 0 Å². The molecular formula is C6H12N2O2. The lowest BCUT2D eigenvalue weighted by molar-refractivity contribution is -0.124. The molecule has 0 spiro atoms. The summed E-state index contributed by atoms with van der Waals surface area (Å²) in [5, 5.41) is 14.0. The summed E-state index contributed by atoms with van der Waals surface area (Å²) in [6.45, 7) is 2.24. The smallest absolute Gasteiger partial charge is 0.245 e. The van der Waals surface area contributed by atoms with E-state index in [2.05, 4.69) is 10.6 Å².